The topological polar surface area (TPSA) is 36.5 Å². The van der Waals surface area contributed by atoms with Crippen LogP contribution < -0.4 is 20.3 Å². The fourth-order valence-electron chi connectivity index (χ4n) is 4.46. The Morgan fingerprint density at radius 3 is 2.75 bits per heavy atom. The number of methoxy groups -OCH3 is 1. The van der Waals surface area contributed by atoms with Gasteiger partial charge in [0.05, 0.1) is 18.4 Å². The predicted molar refractivity (Wildman–Crippen MR) is 104 cm³/mol. The Labute approximate surface area is 162 Å². The number of hydrogen-bond donors (Lipinski definition) is 2. The number of nitrogens with zero attached hydrogens (tertiary/aromatic N) is 1. The van der Waals surface area contributed by atoms with Gasteiger partial charge in [-0.1, -0.05) is 18.2 Å². The van der Waals surface area contributed by atoms with Crippen LogP contribution in [0.15, 0.2) is 36.4 Å². The normalized spacial score (nSPS) is 21.2. The number of ether oxygens (including phenoxy) is 1. The van der Waals surface area contributed by atoms with Crippen LogP contribution in [-0.4, -0.2) is 33.8 Å². The zero-order valence-electron chi connectivity index (χ0n) is 15.9. The molecular formula is C21H24F3N3O. The van der Waals surface area contributed by atoms with Crippen LogP contribution in [0.25, 0.3) is 0 Å². The highest BCUT2D eigenvalue weighted by Crippen LogP contribution is 2.46. The maximum atomic E-state index is 13.2. The number of rotatable bonds is 4. The van der Waals surface area contributed by atoms with E-state index in [0.29, 0.717) is 11.8 Å². The van der Waals surface area contributed by atoms with Crippen LogP contribution in [-0.2, 0) is 12.7 Å². The van der Waals surface area contributed by atoms with Gasteiger partial charge >= 0.3 is 6.18 Å². The Morgan fingerprint density at radius 2 is 2.00 bits per heavy atom. The first-order valence-electron chi connectivity index (χ1n) is 9.41. The number of anilines is 2. The van der Waals surface area contributed by atoms with Crippen molar-refractivity contribution in [3.05, 3.63) is 53.1 Å². The molecule has 1 fully saturated rings. The summed E-state index contributed by atoms with van der Waals surface area (Å²) in [6.45, 7) is 2.95. The largest absolute Gasteiger partial charge is 0.494 e. The molecule has 0 bridgehead atoms. The van der Waals surface area contributed by atoms with Gasteiger partial charge in [-0.05, 0) is 29.2 Å². The third-order valence-corrected chi connectivity index (χ3v) is 5.76. The summed E-state index contributed by atoms with van der Waals surface area (Å²) in [5.74, 6) is 1.67. The molecule has 7 heteroatoms. The zero-order chi connectivity index (χ0) is 19.9. The lowest BCUT2D eigenvalue weighted by Crippen LogP contribution is -2.35. The minimum atomic E-state index is -4.36. The molecule has 4 rings (SSSR count). The Morgan fingerprint density at radius 1 is 1.21 bits per heavy atom. The molecule has 2 heterocycles. The molecular weight excluding hydrogens is 367 g/mol. The Hall–Kier alpha value is -2.41. The second-order valence-corrected chi connectivity index (χ2v) is 7.53. The van der Waals surface area contributed by atoms with Crippen LogP contribution in [0.2, 0.25) is 0 Å². The van der Waals surface area contributed by atoms with E-state index in [4.69, 9.17) is 4.74 Å². The van der Waals surface area contributed by atoms with Crippen LogP contribution in [0.3, 0.4) is 0 Å². The van der Waals surface area contributed by atoms with Gasteiger partial charge in [0.1, 0.15) is 5.75 Å². The zero-order valence-corrected chi connectivity index (χ0v) is 15.9. The molecule has 2 aliphatic heterocycles. The molecule has 2 atom stereocenters. The van der Waals surface area contributed by atoms with Crippen LogP contribution in [0.5, 0.6) is 5.75 Å². The van der Waals surface area contributed by atoms with Gasteiger partial charge < -0.3 is 20.3 Å². The fourth-order valence-corrected chi connectivity index (χ4v) is 4.46. The van der Waals surface area contributed by atoms with E-state index in [9.17, 15) is 13.2 Å². The maximum absolute atomic E-state index is 13.2. The van der Waals surface area contributed by atoms with Crippen molar-refractivity contribution in [1.82, 2.24) is 5.32 Å². The quantitative estimate of drug-likeness (QED) is 0.824. The maximum Gasteiger partial charge on any atom is 0.416 e. The van der Waals surface area contributed by atoms with Crippen LogP contribution in [0.4, 0.5) is 24.5 Å². The molecule has 2 aromatic rings. The second kappa shape index (κ2) is 7.20. The van der Waals surface area contributed by atoms with Crippen molar-refractivity contribution in [2.45, 2.75) is 18.6 Å². The molecule has 2 N–H and O–H groups in total. The van der Waals surface area contributed by atoms with E-state index in [1.165, 1.54) is 17.7 Å². The number of nitrogens with one attached hydrogen (secondary N) is 2. The van der Waals surface area contributed by atoms with E-state index in [-0.39, 0.29) is 12.1 Å². The molecule has 0 spiro atoms. The van der Waals surface area contributed by atoms with Crippen molar-refractivity contribution in [2.24, 2.45) is 5.92 Å². The summed E-state index contributed by atoms with van der Waals surface area (Å²) >= 11 is 0. The predicted octanol–water partition coefficient (Wildman–Crippen LogP) is 4.08. The number of benzene rings is 2. The number of hydrogen-bond acceptors (Lipinski definition) is 4. The lowest BCUT2D eigenvalue weighted by molar-refractivity contribution is -0.138. The first kappa shape index (κ1) is 18.9. The first-order chi connectivity index (χ1) is 13.4. The summed E-state index contributed by atoms with van der Waals surface area (Å²) in [5.41, 5.74) is 2.66. The highest BCUT2D eigenvalue weighted by Gasteiger charge is 2.37. The van der Waals surface area contributed by atoms with Crippen molar-refractivity contribution in [3.8, 4) is 5.75 Å². The molecule has 0 saturated carbocycles. The van der Waals surface area contributed by atoms with Gasteiger partial charge in [0.25, 0.3) is 0 Å². The van der Waals surface area contributed by atoms with Crippen LogP contribution in [0.1, 0.15) is 22.6 Å². The fraction of sp³-hybridized carbons (Fsp3) is 0.429. The Kier molecular flexibility index (Phi) is 4.87. The molecule has 0 unspecified atom stereocenters. The monoisotopic (exact) mass is 391 g/mol. The van der Waals surface area contributed by atoms with E-state index < -0.39 is 11.7 Å². The molecule has 150 valence electrons. The summed E-state index contributed by atoms with van der Waals surface area (Å²) in [6, 6.07) is 9.60. The molecule has 0 amide bonds. The average Bonchev–Trinajstić information content (AvgIpc) is 3.13. The minimum Gasteiger partial charge on any atom is -0.494 e. The Balaban J connectivity index is 1.65. The summed E-state index contributed by atoms with van der Waals surface area (Å²) in [6.07, 6.45) is -4.36. The van der Waals surface area contributed by atoms with E-state index in [0.717, 1.165) is 42.8 Å². The van der Waals surface area contributed by atoms with Crippen LogP contribution >= 0.6 is 0 Å². The molecule has 1 saturated heterocycles. The number of fused-ring (bicyclic) bond motifs is 3. The molecule has 28 heavy (non-hydrogen) atoms. The highest BCUT2D eigenvalue weighted by molar-refractivity contribution is 5.72. The molecule has 0 radical (unpaired) electrons. The van der Waals surface area contributed by atoms with E-state index in [1.807, 2.05) is 6.07 Å². The van der Waals surface area contributed by atoms with Crippen LogP contribution in [0, 0.1) is 5.92 Å². The van der Waals surface area contributed by atoms with E-state index in [1.54, 1.807) is 13.2 Å². The second-order valence-electron chi connectivity index (χ2n) is 7.53. The Bertz CT molecular complexity index is 868. The SMILES string of the molecule is COc1cc(NCc2ccccc2C(F)(F)F)cc2c1N(C)C[C@H]1CNC[C@@H]21. The van der Waals surface area contributed by atoms with Gasteiger partial charge in [0, 0.05) is 50.9 Å². The van der Waals surface area contributed by atoms with E-state index >= 15 is 0 Å². The van der Waals surface area contributed by atoms with Gasteiger partial charge in [-0.15, -0.1) is 0 Å². The number of alkyl halides is 3. The lowest BCUT2D eigenvalue weighted by atomic mass is 9.83. The summed E-state index contributed by atoms with van der Waals surface area (Å²) < 4.78 is 45.4. The van der Waals surface area contributed by atoms with Gasteiger partial charge in [-0.2, -0.15) is 13.2 Å². The van der Waals surface area contributed by atoms with E-state index in [2.05, 4.69) is 28.6 Å². The van der Waals surface area contributed by atoms with Gasteiger partial charge in [0.2, 0.25) is 0 Å². The summed E-state index contributed by atoms with van der Waals surface area (Å²) in [7, 11) is 3.69. The third-order valence-electron chi connectivity index (χ3n) is 5.76. The summed E-state index contributed by atoms with van der Waals surface area (Å²) in [4.78, 5) is 2.21. The third kappa shape index (κ3) is 3.39. The first-order valence-corrected chi connectivity index (χ1v) is 9.41. The minimum absolute atomic E-state index is 0.0970. The molecule has 0 aromatic heterocycles. The smallest absolute Gasteiger partial charge is 0.416 e. The van der Waals surface area contributed by atoms with Crippen molar-refractivity contribution in [1.29, 1.82) is 0 Å². The van der Waals surface area contributed by atoms with Gasteiger partial charge in [-0.3, -0.25) is 0 Å². The standard InChI is InChI=1S/C21H24F3N3O/c1-27-12-14-9-25-11-17(14)16-7-15(8-19(28-2)20(16)27)26-10-13-5-3-4-6-18(13)21(22,23)24/h3-8,14,17,25-26H,9-12H2,1-2H3/t14-,17-/m1/s1. The van der Waals surface area contributed by atoms with Crippen molar-refractivity contribution in [2.75, 3.05) is 44.0 Å². The van der Waals surface area contributed by atoms with Gasteiger partial charge in [-0.25, -0.2) is 0 Å². The van der Waals surface area contributed by atoms with Crippen molar-refractivity contribution in [3.63, 3.8) is 0 Å². The molecule has 0 aliphatic carbocycles. The molecule has 2 aromatic carbocycles. The average molecular weight is 391 g/mol. The molecule has 2 aliphatic rings. The number of halogens is 3. The lowest BCUT2D eigenvalue weighted by Gasteiger charge is -2.37. The summed E-state index contributed by atoms with van der Waals surface area (Å²) in [5, 5.41) is 6.63. The van der Waals surface area contributed by atoms with Gasteiger partial charge in [0.15, 0.2) is 0 Å². The molecule has 4 nitrogen and oxygen atoms in total. The highest BCUT2D eigenvalue weighted by atomic mass is 19.4. The van der Waals surface area contributed by atoms with Crippen molar-refractivity contribution < 1.29 is 17.9 Å². The van der Waals surface area contributed by atoms with Crippen molar-refractivity contribution >= 4 is 11.4 Å².